The molecule has 0 saturated carbocycles. The van der Waals surface area contributed by atoms with Gasteiger partial charge in [0, 0.05) is 35.7 Å². The minimum atomic E-state index is 0.675. The lowest BCUT2D eigenvalue weighted by Gasteiger charge is -2.38. The van der Waals surface area contributed by atoms with Crippen LogP contribution in [0, 0.1) is 0 Å². The highest BCUT2D eigenvalue weighted by Crippen LogP contribution is 2.25. The summed E-state index contributed by atoms with van der Waals surface area (Å²) in [7, 11) is 1.74. The van der Waals surface area contributed by atoms with Crippen LogP contribution in [0.1, 0.15) is 18.9 Å². The quantitative estimate of drug-likeness (QED) is 0.874. The van der Waals surface area contributed by atoms with E-state index in [9.17, 15) is 0 Å². The molecule has 1 aromatic rings. The molecule has 0 atom stereocenters. The Labute approximate surface area is 118 Å². The molecule has 4 heteroatoms. The number of ether oxygens (including phenoxy) is 1. The van der Waals surface area contributed by atoms with Crippen molar-refractivity contribution in [1.29, 1.82) is 0 Å². The molecule has 1 N–H and O–H groups in total. The Morgan fingerprint density at radius 2 is 2.22 bits per heavy atom. The summed E-state index contributed by atoms with van der Waals surface area (Å²) in [6, 6.07) is 6.89. The van der Waals surface area contributed by atoms with Gasteiger partial charge in [-0.2, -0.15) is 0 Å². The number of benzene rings is 1. The molecule has 3 nitrogen and oxygen atoms in total. The van der Waals surface area contributed by atoms with Gasteiger partial charge >= 0.3 is 0 Å². The number of nitrogens with one attached hydrogen (secondary N) is 1. The zero-order valence-electron chi connectivity index (χ0n) is 11.1. The Morgan fingerprint density at radius 3 is 2.78 bits per heavy atom. The molecule has 0 unspecified atom stereocenters. The smallest absolute Gasteiger partial charge is 0.123 e. The zero-order chi connectivity index (χ0) is 13.0. The second kappa shape index (κ2) is 6.55. The molecular weight excluding hydrogens is 292 g/mol. The minimum Gasteiger partial charge on any atom is -0.496 e. The zero-order valence-corrected chi connectivity index (χ0v) is 12.7. The monoisotopic (exact) mass is 312 g/mol. The van der Waals surface area contributed by atoms with Gasteiger partial charge in [-0.3, -0.25) is 4.90 Å². The van der Waals surface area contributed by atoms with Gasteiger partial charge in [0.15, 0.2) is 0 Å². The summed E-state index contributed by atoms with van der Waals surface area (Å²) in [5.74, 6) is 0.978. The standard InChI is InChI=1S/C14H21BrN2O/c1-3-6-17(13-8-16-9-13)10-11-7-12(15)4-5-14(11)18-2/h4-5,7,13,16H,3,6,8-10H2,1-2H3. The third kappa shape index (κ3) is 3.25. The molecule has 1 aliphatic rings. The second-order valence-corrected chi connectivity index (χ2v) is 5.65. The highest BCUT2D eigenvalue weighted by molar-refractivity contribution is 9.10. The molecule has 1 aliphatic heterocycles. The van der Waals surface area contributed by atoms with Crippen LogP contribution in [0.5, 0.6) is 5.75 Å². The van der Waals surface area contributed by atoms with E-state index >= 15 is 0 Å². The van der Waals surface area contributed by atoms with E-state index in [-0.39, 0.29) is 0 Å². The lowest BCUT2D eigenvalue weighted by atomic mass is 10.1. The third-order valence-electron chi connectivity index (χ3n) is 3.40. The number of methoxy groups -OCH3 is 1. The predicted octanol–water partition coefficient (Wildman–Crippen LogP) is 2.64. The molecule has 1 fully saturated rings. The Hall–Kier alpha value is -0.580. The van der Waals surface area contributed by atoms with Gasteiger partial charge in [0.1, 0.15) is 5.75 Å². The molecule has 100 valence electrons. The first-order valence-electron chi connectivity index (χ1n) is 6.51. The van der Waals surface area contributed by atoms with Crippen molar-refractivity contribution in [2.75, 3.05) is 26.7 Å². The molecule has 0 aromatic heterocycles. The lowest BCUT2D eigenvalue weighted by molar-refractivity contribution is 0.136. The maximum atomic E-state index is 5.45. The molecule has 0 amide bonds. The second-order valence-electron chi connectivity index (χ2n) is 4.74. The van der Waals surface area contributed by atoms with E-state index in [0.29, 0.717) is 6.04 Å². The molecule has 0 aliphatic carbocycles. The van der Waals surface area contributed by atoms with Gasteiger partial charge in [-0.1, -0.05) is 22.9 Å². The normalized spacial score (nSPS) is 15.8. The van der Waals surface area contributed by atoms with Crippen LogP contribution in [0.3, 0.4) is 0 Å². The van der Waals surface area contributed by atoms with Crippen LogP contribution in [0.15, 0.2) is 22.7 Å². The Balaban J connectivity index is 2.11. The van der Waals surface area contributed by atoms with Gasteiger partial charge in [-0.25, -0.2) is 0 Å². The van der Waals surface area contributed by atoms with Crippen molar-refractivity contribution in [3.63, 3.8) is 0 Å². The molecule has 1 saturated heterocycles. The first-order valence-corrected chi connectivity index (χ1v) is 7.31. The Bertz CT molecular complexity index is 393. The van der Waals surface area contributed by atoms with Crippen molar-refractivity contribution in [2.45, 2.75) is 25.9 Å². The third-order valence-corrected chi connectivity index (χ3v) is 3.90. The molecule has 0 bridgehead atoms. The van der Waals surface area contributed by atoms with Crippen molar-refractivity contribution in [3.8, 4) is 5.75 Å². The van der Waals surface area contributed by atoms with E-state index in [1.807, 2.05) is 12.1 Å². The van der Waals surface area contributed by atoms with Gasteiger partial charge in [-0.05, 0) is 31.2 Å². The maximum Gasteiger partial charge on any atom is 0.123 e. The minimum absolute atomic E-state index is 0.675. The summed E-state index contributed by atoms with van der Waals surface area (Å²) in [6.45, 7) is 6.55. The van der Waals surface area contributed by atoms with Crippen LogP contribution in [0.25, 0.3) is 0 Å². The summed E-state index contributed by atoms with van der Waals surface area (Å²) in [5.41, 5.74) is 1.26. The molecule has 18 heavy (non-hydrogen) atoms. The van der Waals surface area contributed by atoms with Crippen molar-refractivity contribution >= 4 is 15.9 Å². The first kappa shape index (κ1) is 13.8. The van der Waals surface area contributed by atoms with Gasteiger partial charge in [0.25, 0.3) is 0 Å². The average molecular weight is 313 g/mol. The summed E-state index contributed by atoms with van der Waals surface area (Å²) in [4.78, 5) is 2.54. The molecular formula is C14H21BrN2O. The molecule has 0 radical (unpaired) electrons. The topological polar surface area (TPSA) is 24.5 Å². The summed E-state index contributed by atoms with van der Waals surface area (Å²) < 4.78 is 6.56. The Morgan fingerprint density at radius 1 is 1.44 bits per heavy atom. The number of hydrogen-bond acceptors (Lipinski definition) is 3. The highest BCUT2D eigenvalue weighted by Gasteiger charge is 2.24. The SMILES string of the molecule is CCCN(Cc1cc(Br)ccc1OC)C1CNC1. The molecule has 2 rings (SSSR count). The predicted molar refractivity (Wildman–Crippen MR) is 78.1 cm³/mol. The first-order chi connectivity index (χ1) is 8.74. The average Bonchev–Trinajstić information content (AvgIpc) is 2.27. The van der Waals surface area contributed by atoms with Gasteiger partial charge in [0.05, 0.1) is 7.11 Å². The maximum absolute atomic E-state index is 5.45. The van der Waals surface area contributed by atoms with Crippen LogP contribution < -0.4 is 10.1 Å². The number of hydrogen-bond donors (Lipinski definition) is 1. The van der Waals surface area contributed by atoms with E-state index in [4.69, 9.17) is 4.74 Å². The van der Waals surface area contributed by atoms with Crippen molar-refractivity contribution in [3.05, 3.63) is 28.2 Å². The summed E-state index contributed by atoms with van der Waals surface area (Å²) >= 11 is 3.54. The van der Waals surface area contributed by atoms with Crippen LogP contribution in [-0.4, -0.2) is 37.7 Å². The number of nitrogens with zero attached hydrogens (tertiary/aromatic N) is 1. The highest BCUT2D eigenvalue weighted by atomic mass is 79.9. The van der Waals surface area contributed by atoms with Crippen molar-refractivity contribution < 1.29 is 4.74 Å². The van der Waals surface area contributed by atoms with E-state index in [1.165, 1.54) is 12.0 Å². The van der Waals surface area contributed by atoms with E-state index in [0.717, 1.165) is 36.4 Å². The van der Waals surface area contributed by atoms with Crippen LogP contribution in [0.4, 0.5) is 0 Å². The molecule has 0 spiro atoms. The Kier molecular flexibility index (Phi) is 5.03. The van der Waals surface area contributed by atoms with Crippen molar-refractivity contribution in [2.24, 2.45) is 0 Å². The lowest BCUT2D eigenvalue weighted by Crippen LogP contribution is -2.56. The largest absolute Gasteiger partial charge is 0.496 e. The van der Waals surface area contributed by atoms with Crippen molar-refractivity contribution in [1.82, 2.24) is 10.2 Å². The number of halogens is 1. The molecule has 1 heterocycles. The van der Waals surface area contributed by atoms with Gasteiger partial charge < -0.3 is 10.1 Å². The van der Waals surface area contributed by atoms with Gasteiger partial charge in [-0.15, -0.1) is 0 Å². The van der Waals surface area contributed by atoms with Crippen LogP contribution >= 0.6 is 15.9 Å². The van der Waals surface area contributed by atoms with Gasteiger partial charge in [0.2, 0.25) is 0 Å². The molecule has 1 aromatic carbocycles. The van der Waals surface area contributed by atoms with Crippen LogP contribution in [-0.2, 0) is 6.54 Å². The summed E-state index contributed by atoms with van der Waals surface area (Å²) in [5, 5.41) is 3.34. The van der Waals surface area contributed by atoms with Crippen LogP contribution in [0.2, 0.25) is 0 Å². The van der Waals surface area contributed by atoms with E-state index in [1.54, 1.807) is 7.11 Å². The fourth-order valence-electron chi connectivity index (χ4n) is 2.30. The number of rotatable bonds is 6. The summed E-state index contributed by atoms with van der Waals surface area (Å²) in [6.07, 6.45) is 1.19. The fourth-order valence-corrected chi connectivity index (χ4v) is 2.71. The van der Waals surface area contributed by atoms with E-state index < -0.39 is 0 Å². The van der Waals surface area contributed by atoms with E-state index in [2.05, 4.69) is 39.1 Å². The fraction of sp³-hybridized carbons (Fsp3) is 0.571.